The number of H-pyrrole nitrogens is 1. The Morgan fingerprint density at radius 2 is 2.09 bits per heavy atom. The first-order valence-electron chi connectivity index (χ1n) is 11.1. The number of nitrogens with zero attached hydrogens (tertiary/aromatic N) is 1. The van der Waals surface area contributed by atoms with E-state index in [9.17, 15) is 9.59 Å². The quantitative estimate of drug-likeness (QED) is 0.618. The fourth-order valence-electron chi connectivity index (χ4n) is 4.13. The molecule has 1 unspecified atom stereocenters. The number of nitrogens with one attached hydrogen (secondary N) is 2. The van der Waals surface area contributed by atoms with Crippen LogP contribution in [0.25, 0.3) is 11.1 Å². The molecule has 1 aromatic carbocycles. The molecule has 0 radical (unpaired) electrons. The third kappa shape index (κ3) is 4.92. The molecule has 2 aromatic heterocycles. The van der Waals surface area contributed by atoms with Gasteiger partial charge in [-0.2, -0.15) is 0 Å². The van der Waals surface area contributed by atoms with Gasteiger partial charge in [0.05, 0.1) is 13.7 Å². The molecule has 3 aromatic rings. The first-order valence-corrected chi connectivity index (χ1v) is 11.1. The summed E-state index contributed by atoms with van der Waals surface area (Å²) in [5.41, 5.74) is 5.23. The Balaban J connectivity index is 1.68. The lowest BCUT2D eigenvalue weighted by Gasteiger charge is -2.16. The Hall–Kier alpha value is -3.61. The molecule has 1 aliphatic rings. The van der Waals surface area contributed by atoms with Gasteiger partial charge < -0.3 is 19.8 Å². The van der Waals surface area contributed by atoms with Gasteiger partial charge >= 0.3 is 0 Å². The second-order valence-electron chi connectivity index (χ2n) is 8.68. The molecule has 1 aliphatic heterocycles. The number of benzene rings is 1. The van der Waals surface area contributed by atoms with Crippen LogP contribution >= 0.6 is 0 Å². The second-order valence-corrected chi connectivity index (χ2v) is 8.68. The Kier molecular flexibility index (Phi) is 6.49. The van der Waals surface area contributed by atoms with Crippen molar-refractivity contribution in [1.82, 2.24) is 15.3 Å². The number of aromatic nitrogens is 2. The van der Waals surface area contributed by atoms with E-state index in [2.05, 4.69) is 22.2 Å². The van der Waals surface area contributed by atoms with E-state index >= 15 is 0 Å². The van der Waals surface area contributed by atoms with Crippen LogP contribution in [0.5, 0.6) is 11.6 Å². The standard InChI is InChI=1S/C26H29N3O4/c1-15-5-6-18-10-20(25(30)28-13-22-16(2)9-17(3)29-26(22)31)11-21(24(18)33-14-15)19-7-8-23(32-4)27-12-19/h7-12,15H,5-6,13-14H2,1-4H3,(H,28,30)(H,29,31). The van der Waals surface area contributed by atoms with E-state index in [1.807, 2.05) is 38.1 Å². The molecular weight excluding hydrogens is 418 g/mol. The minimum absolute atomic E-state index is 0.157. The van der Waals surface area contributed by atoms with Crippen LogP contribution in [-0.4, -0.2) is 29.6 Å². The van der Waals surface area contributed by atoms with Gasteiger partial charge in [-0.15, -0.1) is 0 Å². The van der Waals surface area contributed by atoms with E-state index in [0.717, 1.165) is 46.5 Å². The molecule has 0 spiro atoms. The maximum Gasteiger partial charge on any atom is 0.253 e. The van der Waals surface area contributed by atoms with E-state index in [0.29, 0.717) is 29.5 Å². The molecule has 1 amide bonds. The van der Waals surface area contributed by atoms with Crippen LogP contribution in [0.2, 0.25) is 0 Å². The molecule has 3 heterocycles. The van der Waals surface area contributed by atoms with Gasteiger partial charge in [0.2, 0.25) is 5.88 Å². The van der Waals surface area contributed by atoms with Gasteiger partial charge in [0, 0.05) is 46.8 Å². The van der Waals surface area contributed by atoms with Crippen LogP contribution in [0.4, 0.5) is 0 Å². The van der Waals surface area contributed by atoms with Crippen LogP contribution < -0.4 is 20.3 Å². The largest absolute Gasteiger partial charge is 0.492 e. The minimum atomic E-state index is -0.239. The number of methoxy groups -OCH3 is 1. The van der Waals surface area contributed by atoms with Crippen LogP contribution in [-0.2, 0) is 13.0 Å². The van der Waals surface area contributed by atoms with Gasteiger partial charge in [-0.3, -0.25) is 9.59 Å². The van der Waals surface area contributed by atoms with Gasteiger partial charge in [-0.05, 0) is 68.0 Å². The van der Waals surface area contributed by atoms with Crippen LogP contribution in [0.3, 0.4) is 0 Å². The zero-order chi connectivity index (χ0) is 23.5. The van der Waals surface area contributed by atoms with Gasteiger partial charge in [0.15, 0.2) is 0 Å². The third-order valence-corrected chi connectivity index (χ3v) is 6.02. The molecular formula is C26H29N3O4. The molecule has 172 valence electrons. The van der Waals surface area contributed by atoms with Crippen LogP contribution in [0, 0.1) is 19.8 Å². The second kappa shape index (κ2) is 9.48. The van der Waals surface area contributed by atoms with E-state index < -0.39 is 0 Å². The molecule has 0 bridgehead atoms. The predicted molar refractivity (Wildman–Crippen MR) is 127 cm³/mol. The molecule has 4 rings (SSSR count). The predicted octanol–water partition coefficient (Wildman–Crippen LogP) is 3.95. The summed E-state index contributed by atoms with van der Waals surface area (Å²) in [6, 6.07) is 9.34. The zero-order valence-electron chi connectivity index (χ0n) is 19.5. The maximum atomic E-state index is 13.1. The Bertz CT molecular complexity index is 1230. The topological polar surface area (TPSA) is 93.3 Å². The average Bonchev–Trinajstić information content (AvgIpc) is 2.99. The normalized spacial score (nSPS) is 15.2. The summed E-state index contributed by atoms with van der Waals surface area (Å²) < 4.78 is 11.4. The van der Waals surface area contributed by atoms with Crippen LogP contribution in [0.1, 0.15) is 46.1 Å². The number of rotatable bonds is 5. The summed E-state index contributed by atoms with van der Waals surface area (Å²) in [7, 11) is 1.57. The summed E-state index contributed by atoms with van der Waals surface area (Å²) >= 11 is 0. The monoisotopic (exact) mass is 447 g/mol. The zero-order valence-corrected chi connectivity index (χ0v) is 19.5. The van der Waals surface area contributed by atoms with Crippen LogP contribution in [0.15, 0.2) is 41.3 Å². The number of aryl methyl sites for hydroxylation is 3. The van der Waals surface area contributed by atoms with E-state index in [-0.39, 0.29) is 18.0 Å². The number of aromatic amines is 1. The lowest BCUT2D eigenvalue weighted by Crippen LogP contribution is -2.28. The SMILES string of the molecule is COc1ccc(-c2cc(C(=O)NCc3c(C)cc(C)[nH]c3=O)cc3c2OCC(C)CC3)cn1. The molecule has 2 N–H and O–H groups in total. The highest BCUT2D eigenvalue weighted by molar-refractivity contribution is 5.96. The van der Waals surface area contributed by atoms with E-state index in [4.69, 9.17) is 9.47 Å². The van der Waals surface area contributed by atoms with Gasteiger partial charge in [-0.1, -0.05) is 6.92 Å². The van der Waals surface area contributed by atoms with E-state index in [1.54, 1.807) is 19.4 Å². The van der Waals surface area contributed by atoms with Crippen molar-refractivity contribution in [2.24, 2.45) is 5.92 Å². The summed E-state index contributed by atoms with van der Waals surface area (Å²) in [6.45, 7) is 6.66. The van der Waals surface area contributed by atoms with Crippen molar-refractivity contribution in [3.8, 4) is 22.8 Å². The first-order chi connectivity index (χ1) is 15.9. The minimum Gasteiger partial charge on any atom is -0.492 e. The molecule has 1 atom stereocenters. The number of carbonyl (C=O) groups is 1. The summed E-state index contributed by atoms with van der Waals surface area (Å²) in [5.74, 6) is 1.51. The highest BCUT2D eigenvalue weighted by Crippen LogP contribution is 2.38. The molecule has 0 saturated heterocycles. The number of carbonyl (C=O) groups excluding carboxylic acids is 1. The van der Waals surface area contributed by atoms with Crippen molar-refractivity contribution >= 4 is 5.91 Å². The smallest absolute Gasteiger partial charge is 0.253 e. The summed E-state index contributed by atoms with van der Waals surface area (Å²) in [6.07, 6.45) is 3.53. The highest BCUT2D eigenvalue weighted by atomic mass is 16.5. The molecule has 0 saturated carbocycles. The Morgan fingerprint density at radius 3 is 2.79 bits per heavy atom. The van der Waals surface area contributed by atoms with E-state index in [1.165, 1.54) is 0 Å². The highest BCUT2D eigenvalue weighted by Gasteiger charge is 2.22. The third-order valence-electron chi connectivity index (χ3n) is 6.02. The van der Waals surface area contributed by atoms with Gasteiger partial charge in [-0.25, -0.2) is 4.98 Å². The number of hydrogen-bond donors (Lipinski definition) is 2. The fraction of sp³-hybridized carbons (Fsp3) is 0.346. The van der Waals surface area contributed by atoms with Gasteiger partial charge in [0.25, 0.3) is 11.5 Å². The molecule has 7 nitrogen and oxygen atoms in total. The number of pyridine rings is 2. The number of amides is 1. The number of hydrogen-bond acceptors (Lipinski definition) is 5. The van der Waals surface area contributed by atoms with Crippen molar-refractivity contribution in [2.45, 2.75) is 40.2 Å². The maximum absolute atomic E-state index is 13.1. The lowest BCUT2D eigenvalue weighted by molar-refractivity contribution is 0.0950. The molecule has 33 heavy (non-hydrogen) atoms. The summed E-state index contributed by atoms with van der Waals surface area (Å²) in [5, 5.41) is 2.91. The van der Waals surface area contributed by atoms with Crippen molar-refractivity contribution < 1.29 is 14.3 Å². The Labute approximate surface area is 193 Å². The number of fused-ring (bicyclic) bond motifs is 1. The van der Waals surface area contributed by atoms with Crippen molar-refractivity contribution in [2.75, 3.05) is 13.7 Å². The molecule has 0 aliphatic carbocycles. The summed E-state index contributed by atoms with van der Waals surface area (Å²) in [4.78, 5) is 32.6. The molecule has 0 fully saturated rings. The van der Waals surface area contributed by atoms with Crippen molar-refractivity contribution in [3.05, 3.63) is 74.8 Å². The van der Waals surface area contributed by atoms with Crippen molar-refractivity contribution in [3.63, 3.8) is 0 Å². The van der Waals surface area contributed by atoms with Crippen molar-refractivity contribution in [1.29, 1.82) is 0 Å². The molecule has 7 heteroatoms. The number of ether oxygens (including phenoxy) is 2. The first kappa shape index (κ1) is 22.6. The fourth-order valence-corrected chi connectivity index (χ4v) is 4.13. The Morgan fingerprint density at radius 1 is 1.27 bits per heavy atom. The van der Waals surface area contributed by atoms with Gasteiger partial charge in [0.1, 0.15) is 5.75 Å². The lowest BCUT2D eigenvalue weighted by atomic mass is 9.95. The average molecular weight is 448 g/mol.